The third-order valence-corrected chi connectivity index (χ3v) is 4.24. The highest BCUT2D eigenvalue weighted by molar-refractivity contribution is 6.31. The van der Waals surface area contributed by atoms with Crippen LogP contribution in [0.3, 0.4) is 0 Å². The number of amides is 1. The van der Waals surface area contributed by atoms with Crippen molar-refractivity contribution < 1.29 is 22.7 Å². The van der Waals surface area contributed by atoms with Gasteiger partial charge < -0.3 is 9.64 Å². The third kappa shape index (κ3) is 6.45. The maximum Gasteiger partial charge on any atom is 0.387 e. The van der Waals surface area contributed by atoms with E-state index in [0.29, 0.717) is 6.54 Å². The number of carbonyl (C=O) groups excluding carboxylic acids is 1. The number of alkyl halides is 2. The van der Waals surface area contributed by atoms with Gasteiger partial charge in [-0.1, -0.05) is 29.8 Å². The Morgan fingerprint density at radius 2 is 1.78 bits per heavy atom. The molecule has 146 valence electrons. The first-order valence-corrected chi connectivity index (χ1v) is 8.53. The molecule has 8 heteroatoms. The summed E-state index contributed by atoms with van der Waals surface area (Å²) in [7, 11) is 3.33. The molecular weight excluding hydrogens is 381 g/mol. The first-order chi connectivity index (χ1) is 12.8. The second kappa shape index (κ2) is 9.62. The van der Waals surface area contributed by atoms with Crippen LogP contribution in [0.15, 0.2) is 42.5 Å². The molecule has 0 N–H and O–H groups in total. The fourth-order valence-electron chi connectivity index (χ4n) is 2.50. The Kier molecular flexibility index (Phi) is 7.50. The van der Waals surface area contributed by atoms with Gasteiger partial charge in [-0.05, 0) is 36.9 Å². The third-order valence-electron chi connectivity index (χ3n) is 3.89. The Labute approximate surface area is 161 Å². The Balaban J connectivity index is 1.89. The van der Waals surface area contributed by atoms with Gasteiger partial charge in [0.2, 0.25) is 5.91 Å². The van der Waals surface area contributed by atoms with Gasteiger partial charge in [0.25, 0.3) is 0 Å². The molecule has 0 radical (unpaired) electrons. The van der Waals surface area contributed by atoms with Gasteiger partial charge in [-0.25, -0.2) is 4.39 Å². The number of benzene rings is 2. The van der Waals surface area contributed by atoms with Gasteiger partial charge in [-0.15, -0.1) is 0 Å². The summed E-state index contributed by atoms with van der Waals surface area (Å²) in [6.45, 7) is -2.25. The summed E-state index contributed by atoms with van der Waals surface area (Å²) in [4.78, 5) is 15.5. The lowest BCUT2D eigenvalue weighted by Gasteiger charge is -2.22. The highest BCUT2D eigenvalue weighted by Gasteiger charge is 2.16. The second-order valence-electron chi connectivity index (χ2n) is 6.14. The van der Waals surface area contributed by atoms with Crippen molar-refractivity contribution in [3.63, 3.8) is 0 Å². The molecule has 0 bridgehead atoms. The first kappa shape index (κ1) is 21.1. The molecule has 0 aliphatic rings. The predicted octanol–water partition coefficient (Wildman–Crippen LogP) is 4.17. The van der Waals surface area contributed by atoms with Crippen LogP contribution in [0.1, 0.15) is 11.1 Å². The number of hydrogen-bond donors (Lipinski definition) is 0. The number of halogens is 4. The fourth-order valence-corrected chi connectivity index (χ4v) is 2.73. The number of hydrogen-bond acceptors (Lipinski definition) is 3. The van der Waals surface area contributed by atoms with Crippen LogP contribution in [0.25, 0.3) is 0 Å². The number of carbonyl (C=O) groups is 1. The van der Waals surface area contributed by atoms with Gasteiger partial charge in [-0.3, -0.25) is 9.69 Å². The van der Waals surface area contributed by atoms with E-state index >= 15 is 0 Å². The largest absolute Gasteiger partial charge is 0.435 e. The highest BCUT2D eigenvalue weighted by atomic mass is 35.5. The van der Waals surface area contributed by atoms with Crippen LogP contribution in [0.5, 0.6) is 5.75 Å². The van der Waals surface area contributed by atoms with Gasteiger partial charge in [0.15, 0.2) is 0 Å². The van der Waals surface area contributed by atoms with Crippen molar-refractivity contribution in [3.05, 3.63) is 64.4 Å². The lowest BCUT2D eigenvalue weighted by molar-refractivity contribution is -0.131. The van der Waals surface area contributed by atoms with Crippen LogP contribution in [-0.2, 0) is 17.9 Å². The monoisotopic (exact) mass is 400 g/mol. The summed E-state index contributed by atoms with van der Waals surface area (Å²) < 4.78 is 42.4. The molecule has 0 fully saturated rings. The zero-order valence-electron chi connectivity index (χ0n) is 15.0. The molecule has 0 aliphatic carbocycles. The molecule has 0 heterocycles. The van der Waals surface area contributed by atoms with Crippen LogP contribution in [-0.4, -0.2) is 43.0 Å². The molecule has 0 unspecified atom stereocenters. The van der Waals surface area contributed by atoms with Crippen LogP contribution in [0, 0.1) is 5.82 Å². The smallest absolute Gasteiger partial charge is 0.387 e. The van der Waals surface area contributed by atoms with E-state index in [2.05, 4.69) is 4.74 Å². The lowest BCUT2D eigenvalue weighted by atomic mass is 10.2. The Bertz CT molecular complexity index is 752. The van der Waals surface area contributed by atoms with E-state index in [0.717, 1.165) is 5.56 Å². The maximum absolute atomic E-state index is 13.8. The summed E-state index contributed by atoms with van der Waals surface area (Å²) in [5.74, 6) is -0.579. The van der Waals surface area contributed by atoms with E-state index in [1.165, 1.54) is 29.2 Å². The van der Waals surface area contributed by atoms with E-state index in [1.54, 1.807) is 37.2 Å². The number of rotatable bonds is 8. The van der Waals surface area contributed by atoms with Gasteiger partial charge in [0, 0.05) is 30.7 Å². The minimum atomic E-state index is -2.87. The second-order valence-corrected chi connectivity index (χ2v) is 6.55. The summed E-state index contributed by atoms with van der Waals surface area (Å²) in [5.41, 5.74) is 1.11. The maximum atomic E-state index is 13.8. The van der Waals surface area contributed by atoms with Crippen LogP contribution in [0.4, 0.5) is 13.2 Å². The van der Waals surface area contributed by atoms with Crippen molar-refractivity contribution in [2.45, 2.75) is 19.7 Å². The molecule has 1 amide bonds. The van der Waals surface area contributed by atoms with Crippen LogP contribution in [0.2, 0.25) is 5.02 Å². The number of likely N-dealkylation sites (N-methyl/N-ethyl adjacent to an activating group) is 2. The van der Waals surface area contributed by atoms with Crippen LogP contribution < -0.4 is 4.74 Å². The number of ether oxygens (including phenoxy) is 1. The summed E-state index contributed by atoms with van der Waals surface area (Å²) >= 11 is 5.99. The molecule has 2 aromatic rings. The van der Waals surface area contributed by atoms with E-state index in [4.69, 9.17) is 11.6 Å². The predicted molar refractivity (Wildman–Crippen MR) is 97.3 cm³/mol. The molecular formula is C19H20ClF3N2O2. The number of nitrogens with zero attached hydrogens (tertiary/aromatic N) is 2. The summed E-state index contributed by atoms with van der Waals surface area (Å²) in [5, 5.41) is 0.272. The van der Waals surface area contributed by atoms with E-state index < -0.39 is 12.4 Å². The van der Waals surface area contributed by atoms with Crippen molar-refractivity contribution in [1.82, 2.24) is 9.80 Å². The van der Waals surface area contributed by atoms with Crippen molar-refractivity contribution in [2.24, 2.45) is 0 Å². The SMILES string of the molecule is CN(CC(=O)N(C)Cc1c(F)cccc1Cl)Cc1ccc(OC(F)F)cc1. The lowest BCUT2D eigenvalue weighted by Crippen LogP contribution is -2.36. The fraction of sp³-hybridized carbons (Fsp3) is 0.316. The molecule has 0 saturated heterocycles. The molecule has 2 aromatic carbocycles. The quantitative estimate of drug-likeness (QED) is 0.666. The average Bonchev–Trinajstić information content (AvgIpc) is 2.59. The minimum Gasteiger partial charge on any atom is -0.435 e. The Morgan fingerprint density at radius 3 is 2.37 bits per heavy atom. The normalized spacial score (nSPS) is 11.1. The van der Waals surface area contributed by atoms with Crippen LogP contribution >= 0.6 is 11.6 Å². The molecule has 4 nitrogen and oxygen atoms in total. The molecule has 0 aromatic heterocycles. The first-order valence-electron chi connectivity index (χ1n) is 8.15. The average molecular weight is 401 g/mol. The zero-order chi connectivity index (χ0) is 20.0. The summed E-state index contributed by atoms with van der Waals surface area (Å²) in [6.07, 6.45) is 0. The van der Waals surface area contributed by atoms with E-state index in [9.17, 15) is 18.0 Å². The Morgan fingerprint density at radius 1 is 1.11 bits per heavy atom. The van der Waals surface area contributed by atoms with Crippen molar-refractivity contribution in [3.8, 4) is 5.75 Å². The standard InChI is InChI=1S/C19H20ClF3N2O2/c1-24(10-13-6-8-14(9-7-13)27-19(22)23)12-18(26)25(2)11-15-16(20)4-3-5-17(15)21/h3-9,19H,10-12H2,1-2H3. The topological polar surface area (TPSA) is 32.8 Å². The van der Waals surface area contributed by atoms with Gasteiger partial charge in [0.05, 0.1) is 6.54 Å². The zero-order valence-corrected chi connectivity index (χ0v) is 15.7. The van der Waals surface area contributed by atoms with Crippen molar-refractivity contribution in [2.75, 3.05) is 20.6 Å². The molecule has 0 atom stereocenters. The molecule has 0 aliphatic heterocycles. The van der Waals surface area contributed by atoms with Gasteiger partial charge >= 0.3 is 6.61 Å². The van der Waals surface area contributed by atoms with Crippen molar-refractivity contribution >= 4 is 17.5 Å². The molecule has 27 heavy (non-hydrogen) atoms. The van der Waals surface area contributed by atoms with E-state index in [-0.39, 0.29) is 35.3 Å². The molecule has 0 saturated carbocycles. The van der Waals surface area contributed by atoms with Gasteiger partial charge in [0.1, 0.15) is 11.6 Å². The summed E-state index contributed by atoms with van der Waals surface area (Å²) in [6, 6.07) is 10.6. The van der Waals surface area contributed by atoms with E-state index in [1.807, 2.05) is 0 Å². The molecule has 0 spiro atoms. The molecule has 2 rings (SSSR count). The minimum absolute atomic E-state index is 0.0673. The highest BCUT2D eigenvalue weighted by Crippen LogP contribution is 2.20. The van der Waals surface area contributed by atoms with Crippen molar-refractivity contribution in [1.29, 1.82) is 0 Å². The van der Waals surface area contributed by atoms with Gasteiger partial charge in [-0.2, -0.15) is 8.78 Å². The Hall–Kier alpha value is -2.25.